The summed E-state index contributed by atoms with van der Waals surface area (Å²) in [7, 11) is 1.34. The second-order valence-corrected chi connectivity index (χ2v) is 11.8. The van der Waals surface area contributed by atoms with E-state index in [2.05, 4.69) is 16.0 Å². The van der Waals surface area contributed by atoms with Crippen molar-refractivity contribution in [3.8, 4) is 0 Å². The smallest absolute Gasteiger partial charge is 0.341 e. The first-order valence-electron chi connectivity index (χ1n) is 13.6. The van der Waals surface area contributed by atoms with Crippen molar-refractivity contribution >= 4 is 63.6 Å². The quantitative estimate of drug-likeness (QED) is 0.111. The van der Waals surface area contributed by atoms with Crippen molar-refractivity contribution in [2.45, 2.75) is 30.6 Å². The lowest BCUT2D eigenvalue weighted by molar-refractivity contribution is -0.114. The van der Waals surface area contributed by atoms with Gasteiger partial charge in [-0.15, -0.1) is 23.1 Å². The third-order valence-corrected chi connectivity index (χ3v) is 8.84. The summed E-state index contributed by atoms with van der Waals surface area (Å²) in [5.74, 6) is -1.18. The molecule has 9 nitrogen and oxygen atoms in total. The van der Waals surface area contributed by atoms with E-state index >= 15 is 0 Å². The number of amides is 3. The molecule has 1 aliphatic rings. The molecule has 0 saturated carbocycles. The van der Waals surface area contributed by atoms with Crippen LogP contribution in [-0.2, 0) is 27.2 Å². The van der Waals surface area contributed by atoms with E-state index in [1.54, 1.807) is 60.7 Å². The van der Waals surface area contributed by atoms with E-state index in [-0.39, 0.29) is 17.4 Å². The van der Waals surface area contributed by atoms with Crippen LogP contribution in [0.1, 0.15) is 49.8 Å². The molecule has 4 aromatic rings. The van der Waals surface area contributed by atoms with Crippen LogP contribution in [-0.4, -0.2) is 36.6 Å². The molecule has 0 spiro atoms. The van der Waals surface area contributed by atoms with Crippen LogP contribution in [0.4, 0.5) is 10.7 Å². The Kier molecular flexibility index (Phi) is 9.75. The molecule has 0 atom stereocenters. The van der Waals surface area contributed by atoms with Crippen molar-refractivity contribution < 1.29 is 28.3 Å². The van der Waals surface area contributed by atoms with Gasteiger partial charge >= 0.3 is 5.97 Å². The largest absolute Gasteiger partial charge is 0.465 e. The van der Waals surface area contributed by atoms with E-state index in [9.17, 15) is 19.2 Å². The van der Waals surface area contributed by atoms with Crippen LogP contribution in [0, 0.1) is 0 Å². The van der Waals surface area contributed by atoms with Crippen LogP contribution in [0.25, 0.3) is 6.08 Å². The molecule has 2 heterocycles. The van der Waals surface area contributed by atoms with E-state index in [0.717, 1.165) is 41.0 Å². The number of anilines is 2. The number of thiophene rings is 1. The molecule has 0 unspecified atom stereocenters. The van der Waals surface area contributed by atoms with E-state index < -0.39 is 17.8 Å². The van der Waals surface area contributed by atoms with Crippen LogP contribution < -0.4 is 16.0 Å². The highest BCUT2D eigenvalue weighted by Gasteiger charge is 2.27. The first-order chi connectivity index (χ1) is 20.9. The number of hydrogen-bond acceptors (Lipinski definition) is 8. The molecule has 0 saturated heterocycles. The molecule has 1 aliphatic carbocycles. The van der Waals surface area contributed by atoms with Crippen molar-refractivity contribution in [3.63, 3.8) is 0 Å². The Bertz CT molecular complexity index is 1660. The summed E-state index contributed by atoms with van der Waals surface area (Å²) in [6, 6.07) is 19.0. The highest BCUT2D eigenvalue weighted by Crippen LogP contribution is 2.38. The predicted octanol–water partition coefficient (Wildman–Crippen LogP) is 6.15. The number of rotatable bonds is 10. The minimum Gasteiger partial charge on any atom is -0.465 e. The van der Waals surface area contributed by atoms with E-state index in [1.165, 1.54) is 42.5 Å². The number of ether oxygens (including phenoxy) is 1. The van der Waals surface area contributed by atoms with Crippen molar-refractivity contribution in [1.82, 2.24) is 5.32 Å². The number of thioether (sulfide) groups is 1. The average molecular weight is 616 g/mol. The Morgan fingerprint density at radius 3 is 2.56 bits per heavy atom. The third-order valence-electron chi connectivity index (χ3n) is 6.63. The first-order valence-corrected chi connectivity index (χ1v) is 15.4. The van der Waals surface area contributed by atoms with Crippen LogP contribution in [0.15, 0.2) is 88.0 Å². The Hall–Kier alpha value is -4.61. The molecule has 0 fully saturated rings. The maximum absolute atomic E-state index is 13.2. The van der Waals surface area contributed by atoms with Gasteiger partial charge in [0.05, 0.1) is 24.7 Å². The van der Waals surface area contributed by atoms with Gasteiger partial charge in [-0.1, -0.05) is 24.3 Å². The van der Waals surface area contributed by atoms with Gasteiger partial charge in [0.1, 0.15) is 16.5 Å². The lowest BCUT2D eigenvalue weighted by Gasteiger charge is -2.12. The lowest BCUT2D eigenvalue weighted by atomic mass is 9.95. The van der Waals surface area contributed by atoms with Crippen molar-refractivity contribution in [2.75, 3.05) is 23.5 Å². The molecular formula is C32H29N3O6S2. The van der Waals surface area contributed by atoms with Gasteiger partial charge in [0.15, 0.2) is 0 Å². The normalized spacial score (nSPS) is 12.6. The standard InChI is InChI=1S/C32H29N3O6S2/c1-40-32(39)28-24-14-5-6-15-26(24)43-31(28)35-27(36)19-42-23-13-7-11-21(17-23)33-30(38)25(18-22-12-8-16-41-22)34-29(37)20-9-3-2-4-10-20/h2-4,7-13,16-18H,5-6,14-15,19H2,1H3,(H,33,38)(H,34,37)(H,35,36)/b25-18-. The number of hydrogen-bond donors (Lipinski definition) is 3. The topological polar surface area (TPSA) is 127 Å². The van der Waals surface area contributed by atoms with E-state index in [0.29, 0.717) is 27.6 Å². The zero-order chi connectivity index (χ0) is 30.2. The number of aryl methyl sites for hydroxylation is 1. The highest BCUT2D eigenvalue weighted by molar-refractivity contribution is 8.00. The molecule has 3 amide bonds. The van der Waals surface area contributed by atoms with Crippen molar-refractivity contribution in [3.05, 3.63) is 106 Å². The molecule has 11 heteroatoms. The second kappa shape index (κ2) is 14.0. The summed E-state index contributed by atoms with van der Waals surface area (Å²) in [5.41, 5.74) is 2.33. The molecule has 2 aromatic heterocycles. The van der Waals surface area contributed by atoms with Gasteiger partial charge in [0.25, 0.3) is 11.8 Å². The zero-order valence-corrected chi connectivity index (χ0v) is 24.9. The summed E-state index contributed by atoms with van der Waals surface area (Å²) in [4.78, 5) is 53.3. The van der Waals surface area contributed by atoms with Crippen molar-refractivity contribution in [2.24, 2.45) is 0 Å². The lowest BCUT2D eigenvalue weighted by Crippen LogP contribution is -2.30. The van der Waals surface area contributed by atoms with Gasteiger partial charge in [-0.25, -0.2) is 4.79 Å². The Balaban J connectivity index is 1.24. The Morgan fingerprint density at radius 2 is 1.79 bits per heavy atom. The molecule has 43 heavy (non-hydrogen) atoms. The molecular weight excluding hydrogens is 587 g/mol. The summed E-state index contributed by atoms with van der Waals surface area (Å²) in [5, 5.41) is 8.90. The van der Waals surface area contributed by atoms with Gasteiger partial charge in [-0.3, -0.25) is 14.4 Å². The summed E-state index contributed by atoms with van der Waals surface area (Å²) < 4.78 is 10.3. The molecule has 5 rings (SSSR count). The van der Waals surface area contributed by atoms with E-state index in [4.69, 9.17) is 9.15 Å². The van der Waals surface area contributed by atoms with Crippen LogP contribution in [0.2, 0.25) is 0 Å². The Labute approximate surface area is 256 Å². The molecule has 0 aliphatic heterocycles. The summed E-state index contributed by atoms with van der Waals surface area (Å²) in [6.45, 7) is 0. The molecule has 220 valence electrons. The zero-order valence-electron chi connectivity index (χ0n) is 23.3. The SMILES string of the molecule is COC(=O)c1c(NC(=O)CSc2cccc(NC(=O)/C(=C/c3ccco3)NC(=O)c3ccccc3)c2)sc2c1CCCC2. The van der Waals surface area contributed by atoms with Crippen LogP contribution >= 0.6 is 23.1 Å². The monoisotopic (exact) mass is 615 g/mol. The first kappa shape index (κ1) is 29.9. The second-order valence-electron chi connectivity index (χ2n) is 9.62. The van der Waals surface area contributed by atoms with Gasteiger partial charge in [-0.2, -0.15) is 0 Å². The molecule has 0 bridgehead atoms. The van der Waals surface area contributed by atoms with Crippen LogP contribution in [0.5, 0.6) is 0 Å². The van der Waals surface area contributed by atoms with Gasteiger partial charge in [0, 0.05) is 27.1 Å². The summed E-state index contributed by atoms with van der Waals surface area (Å²) >= 11 is 2.73. The maximum Gasteiger partial charge on any atom is 0.341 e. The number of benzene rings is 2. The Morgan fingerprint density at radius 1 is 0.977 bits per heavy atom. The fraction of sp³-hybridized carbons (Fsp3) is 0.188. The number of fused-ring (bicyclic) bond motifs is 1. The van der Waals surface area contributed by atoms with E-state index in [1.807, 2.05) is 6.07 Å². The predicted molar refractivity (Wildman–Crippen MR) is 167 cm³/mol. The highest BCUT2D eigenvalue weighted by atomic mass is 32.2. The number of carbonyl (C=O) groups is 4. The van der Waals surface area contributed by atoms with Crippen LogP contribution in [0.3, 0.4) is 0 Å². The fourth-order valence-electron chi connectivity index (χ4n) is 4.60. The minimum atomic E-state index is -0.544. The average Bonchev–Trinajstić information content (AvgIpc) is 3.67. The molecule has 0 radical (unpaired) electrons. The number of esters is 1. The number of carbonyl (C=O) groups excluding carboxylic acids is 4. The number of nitrogens with one attached hydrogen (secondary N) is 3. The van der Waals surface area contributed by atoms with Gasteiger partial charge < -0.3 is 25.1 Å². The van der Waals surface area contributed by atoms with Gasteiger partial charge in [-0.05, 0) is 73.7 Å². The molecule has 3 N–H and O–H groups in total. The number of methoxy groups -OCH3 is 1. The number of furan rings is 1. The summed E-state index contributed by atoms with van der Waals surface area (Å²) in [6.07, 6.45) is 6.67. The van der Waals surface area contributed by atoms with Crippen molar-refractivity contribution in [1.29, 1.82) is 0 Å². The fourth-order valence-corrected chi connectivity index (χ4v) is 6.65. The minimum absolute atomic E-state index is 0.00120. The third kappa shape index (κ3) is 7.62. The maximum atomic E-state index is 13.2. The molecule has 2 aromatic carbocycles. The van der Waals surface area contributed by atoms with Gasteiger partial charge in [0.2, 0.25) is 5.91 Å².